The Balaban J connectivity index is 2.01. The highest BCUT2D eigenvalue weighted by molar-refractivity contribution is 5.41. The average Bonchev–Trinajstić information content (AvgIpc) is 2.32. The van der Waals surface area contributed by atoms with E-state index < -0.39 is 0 Å². The number of pyridine rings is 1. The van der Waals surface area contributed by atoms with Crippen molar-refractivity contribution in [3.05, 3.63) is 24.0 Å². The van der Waals surface area contributed by atoms with Gasteiger partial charge in [-0.2, -0.15) is 0 Å². The molecule has 1 unspecified atom stereocenters. The van der Waals surface area contributed by atoms with Gasteiger partial charge in [0, 0.05) is 25.3 Å². The molecule has 2 rings (SSSR count). The lowest BCUT2D eigenvalue weighted by Crippen LogP contribution is -2.43. The Labute approximate surface area is 95.6 Å². The standard InChI is InChI=1S/C11H18N4O/c1-9-8-16-5-4-15(9)7-11-6-10(14-12)2-3-13-11/h2-3,6,9H,4-5,7-8,12H2,1H3,(H,13,14). The lowest BCUT2D eigenvalue weighted by Gasteiger charge is -2.32. The maximum Gasteiger partial charge on any atom is 0.0619 e. The van der Waals surface area contributed by atoms with Gasteiger partial charge in [0.15, 0.2) is 0 Å². The number of nitrogens with zero attached hydrogens (tertiary/aromatic N) is 2. The van der Waals surface area contributed by atoms with E-state index in [0.29, 0.717) is 6.04 Å². The normalized spacial score (nSPS) is 22.0. The Morgan fingerprint density at radius 1 is 1.69 bits per heavy atom. The Hall–Kier alpha value is -1.17. The van der Waals surface area contributed by atoms with Gasteiger partial charge in [-0.05, 0) is 19.1 Å². The molecule has 5 nitrogen and oxygen atoms in total. The molecule has 0 amide bonds. The van der Waals surface area contributed by atoms with E-state index >= 15 is 0 Å². The molecule has 16 heavy (non-hydrogen) atoms. The number of rotatable bonds is 3. The highest BCUT2D eigenvalue weighted by Crippen LogP contribution is 2.13. The van der Waals surface area contributed by atoms with Crippen molar-refractivity contribution >= 4 is 5.69 Å². The number of nitrogens with two attached hydrogens (primary N) is 1. The summed E-state index contributed by atoms with van der Waals surface area (Å²) in [6, 6.07) is 4.28. The summed E-state index contributed by atoms with van der Waals surface area (Å²) in [5, 5.41) is 0. The third-order valence-electron chi connectivity index (χ3n) is 2.85. The highest BCUT2D eigenvalue weighted by Gasteiger charge is 2.18. The fraction of sp³-hybridized carbons (Fsp3) is 0.545. The van der Waals surface area contributed by atoms with Gasteiger partial charge < -0.3 is 10.2 Å². The van der Waals surface area contributed by atoms with Gasteiger partial charge in [-0.3, -0.25) is 15.7 Å². The van der Waals surface area contributed by atoms with Crippen molar-refractivity contribution in [2.75, 3.05) is 25.2 Å². The van der Waals surface area contributed by atoms with Gasteiger partial charge in [0.1, 0.15) is 0 Å². The summed E-state index contributed by atoms with van der Waals surface area (Å²) >= 11 is 0. The van der Waals surface area contributed by atoms with E-state index in [1.807, 2.05) is 12.1 Å². The minimum Gasteiger partial charge on any atom is -0.379 e. The van der Waals surface area contributed by atoms with Crippen LogP contribution in [-0.4, -0.2) is 35.7 Å². The zero-order chi connectivity index (χ0) is 11.4. The van der Waals surface area contributed by atoms with E-state index in [-0.39, 0.29) is 0 Å². The number of anilines is 1. The molecule has 1 fully saturated rings. The third kappa shape index (κ3) is 2.69. The lowest BCUT2D eigenvalue weighted by atomic mass is 10.2. The van der Waals surface area contributed by atoms with Crippen LogP contribution in [0.2, 0.25) is 0 Å². The van der Waals surface area contributed by atoms with E-state index in [0.717, 1.165) is 37.7 Å². The smallest absolute Gasteiger partial charge is 0.0619 e. The first kappa shape index (κ1) is 11.3. The van der Waals surface area contributed by atoms with Crippen molar-refractivity contribution in [2.24, 2.45) is 5.84 Å². The number of hydrazine groups is 1. The van der Waals surface area contributed by atoms with Crippen LogP contribution in [0.25, 0.3) is 0 Å². The van der Waals surface area contributed by atoms with Crippen LogP contribution in [0.5, 0.6) is 0 Å². The van der Waals surface area contributed by atoms with E-state index in [4.69, 9.17) is 10.6 Å². The van der Waals surface area contributed by atoms with Crippen LogP contribution in [0.15, 0.2) is 18.3 Å². The summed E-state index contributed by atoms with van der Waals surface area (Å²) in [5.41, 5.74) is 4.56. The number of ether oxygens (including phenoxy) is 1. The molecule has 1 aliphatic rings. The average molecular weight is 222 g/mol. The third-order valence-corrected chi connectivity index (χ3v) is 2.85. The van der Waals surface area contributed by atoms with Crippen LogP contribution in [0.4, 0.5) is 5.69 Å². The topological polar surface area (TPSA) is 63.4 Å². The molecule has 1 aliphatic heterocycles. The number of nitrogen functional groups attached to an aromatic ring is 1. The van der Waals surface area contributed by atoms with Gasteiger partial charge in [0.2, 0.25) is 0 Å². The van der Waals surface area contributed by atoms with Gasteiger partial charge in [-0.15, -0.1) is 0 Å². The molecule has 1 atom stereocenters. The van der Waals surface area contributed by atoms with Gasteiger partial charge >= 0.3 is 0 Å². The molecule has 0 radical (unpaired) electrons. The van der Waals surface area contributed by atoms with Crippen LogP contribution in [0.1, 0.15) is 12.6 Å². The lowest BCUT2D eigenvalue weighted by molar-refractivity contribution is -0.00489. The van der Waals surface area contributed by atoms with Gasteiger partial charge in [-0.25, -0.2) is 0 Å². The second-order valence-corrected chi connectivity index (χ2v) is 4.07. The van der Waals surface area contributed by atoms with E-state index in [9.17, 15) is 0 Å². The predicted molar refractivity (Wildman–Crippen MR) is 62.7 cm³/mol. The zero-order valence-electron chi connectivity index (χ0n) is 9.52. The fourth-order valence-electron chi connectivity index (χ4n) is 1.86. The summed E-state index contributed by atoms with van der Waals surface area (Å²) in [7, 11) is 0. The Morgan fingerprint density at radius 2 is 2.56 bits per heavy atom. The first-order valence-electron chi connectivity index (χ1n) is 5.53. The Kier molecular flexibility index (Phi) is 3.71. The zero-order valence-corrected chi connectivity index (χ0v) is 9.52. The summed E-state index contributed by atoms with van der Waals surface area (Å²) in [6.45, 7) is 5.58. The van der Waals surface area contributed by atoms with Crippen molar-refractivity contribution in [3.63, 3.8) is 0 Å². The van der Waals surface area contributed by atoms with Crippen LogP contribution in [0.3, 0.4) is 0 Å². The van der Waals surface area contributed by atoms with E-state index in [2.05, 4.69) is 22.2 Å². The summed E-state index contributed by atoms with van der Waals surface area (Å²) < 4.78 is 5.40. The van der Waals surface area contributed by atoms with Crippen molar-refractivity contribution < 1.29 is 4.74 Å². The molecule has 0 spiro atoms. The molecule has 2 heterocycles. The second kappa shape index (κ2) is 5.25. The maximum absolute atomic E-state index is 5.40. The number of morpholine rings is 1. The molecule has 88 valence electrons. The quantitative estimate of drug-likeness (QED) is 0.579. The second-order valence-electron chi connectivity index (χ2n) is 4.07. The van der Waals surface area contributed by atoms with Gasteiger partial charge in [-0.1, -0.05) is 0 Å². The monoisotopic (exact) mass is 222 g/mol. The molecular weight excluding hydrogens is 204 g/mol. The van der Waals surface area contributed by atoms with E-state index in [1.54, 1.807) is 6.20 Å². The van der Waals surface area contributed by atoms with Crippen LogP contribution in [0, 0.1) is 0 Å². The minimum absolute atomic E-state index is 0.449. The van der Waals surface area contributed by atoms with Crippen molar-refractivity contribution in [1.82, 2.24) is 9.88 Å². The Bertz CT molecular complexity index is 345. The molecule has 0 saturated carbocycles. The number of nitrogens with one attached hydrogen (secondary N) is 1. The molecule has 1 aromatic rings. The van der Waals surface area contributed by atoms with Crippen molar-refractivity contribution in [3.8, 4) is 0 Å². The maximum atomic E-state index is 5.40. The summed E-state index contributed by atoms with van der Waals surface area (Å²) in [6.07, 6.45) is 1.77. The first-order valence-corrected chi connectivity index (χ1v) is 5.53. The molecule has 0 bridgehead atoms. The SMILES string of the molecule is CC1COCCN1Cc1cc(NN)ccn1. The number of aromatic nitrogens is 1. The predicted octanol–water partition coefficient (Wildman–Crippen LogP) is 0.588. The molecular formula is C11H18N4O. The molecule has 5 heteroatoms. The molecule has 0 aliphatic carbocycles. The molecule has 1 aromatic heterocycles. The van der Waals surface area contributed by atoms with Crippen LogP contribution < -0.4 is 11.3 Å². The van der Waals surface area contributed by atoms with Crippen molar-refractivity contribution in [1.29, 1.82) is 0 Å². The fourth-order valence-corrected chi connectivity index (χ4v) is 1.86. The molecule has 3 N–H and O–H groups in total. The minimum atomic E-state index is 0.449. The number of hydrogen-bond donors (Lipinski definition) is 2. The van der Waals surface area contributed by atoms with E-state index in [1.165, 1.54) is 0 Å². The summed E-state index contributed by atoms with van der Waals surface area (Å²) in [5.74, 6) is 5.37. The van der Waals surface area contributed by atoms with Crippen molar-refractivity contribution in [2.45, 2.75) is 19.5 Å². The highest BCUT2D eigenvalue weighted by atomic mass is 16.5. The first-order chi connectivity index (χ1) is 7.79. The largest absolute Gasteiger partial charge is 0.379 e. The van der Waals surface area contributed by atoms with Gasteiger partial charge in [0.25, 0.3) is 0 Å². The summed E-state index contributed by atoms with van der Waals surface area (Å²) in [4.78, 5) is 6.71. The van der Waals surface area contributed by atoms with Gasteiger partial charge in [0.05, 0.1) is 24.6 Å². The van der Waals surface area contributed by atoms with Crippen LogP contribution in [-0.2, 0) is 11.3 Å². The van der Waals surface area contributed by atoms with Crippen LogP contribution >= 0.6 is 0 Å². The Morgan fingerprint density at radius 3 is 3.31 bits per heavy atom. The molecule has 1 saturated heterocycles. The molecule has 0 aromatic carbocycles. The number of hydrogen-bond acceptors (Lipinski definition) is 5.